The summed E-state index contributed by atoms with van der Waals surface area (Å²) in [7, 11) is -3.87. The van der Waals surface area contributed by atoms with Crippen molar-refractivity contribution in [2.75, 3.05) is 13.1 Å². The van der Waals surface area contributed by atoms with Gasteiger partial charge in [0.05, 0.1) is 11.0 Å². The van der Waals surface area contributed by atoms with Crippen LogP contribution in [0.15, 0.2) is 76.4 Å². The third-order valence-corrected chi connectivity index (χ3v) is 8.15. The van der Waals surface area contributed by atoms with E-state index in [1.165, 1.54) is 3.97 Å². The summed E-state index contributed by atoms with van der Waals surface area (Å²) in [4.78, 5) is 18.9. The van der Waals surface area contributed by atoms with Gasteiger partial charge < -0.3 is 10.0 Å². The molecule has 0 spiro atoms. The summed E-state index contributed by atoms with van der Waals surface area (Å²) in [6.07, 6.45) is 3.25. The van der Waals surface area contributed by atoms with Crippen molar-refractivity contribution in [3.05, 3.63) is 82.6 Å². The van der Waals surface area contributed by atoms with Gasteiger partial charge in [-0.05, 0) is 65.2 Å². The highest BCUT2D eigenvalue weighted by Crippen LogP contribution is 2.34. The molecule has 174 valence electrons. The van der Waals surface area contributed by atoms with Gasteiger partial charge >= 0.3 is 0 Å². The van der Waals surface area contributed by atoms with Gasteiger partial charge in [0, 0.05) is 46.5 Å². The van der Waals surface area contributed by atoms with E-state index in [0.29, 0.717) is 41.7 Å². The van der Waals surface area contributed by atoms with Gasteiger partial charge in [-0.3, -0.25) is 4.79 Å². The molecule has 0 bridgehead atoms. The molecule has 0 unspecified atom stereocenters. The number of benzene rings is 2. The summed E-state index contributed by atoms with van der Waals surface area (Å²) in [5.74, 6) is -0.128. The number of hydrogen-bond donors (Lipinski definition) is 1. The number of aliphatic hydroxyl groups is 1. The highest BCUT2D eigenvalue weighted by atomic mass is 79.9. The topological polar surface area (TPSA) is 92.5 Å². The summed E-state index contributed by atoms with van der Waals surface area (Å²) in [5, 5.41) is 10.4. The second-order valence-electron chi connectivity index (χ2n) is 8.45. The Balaban J connectivity index is 1.57. The summed E-state index contributed by atoms with van der Waals surface area (Å²) in [6.45, 7) is 2.77. The molecule has 1 aliphatic rings. The predicted octanol–water partition coefficient (Wildman–Crippen LogP) is 4.22. The lowest BCUT2D eigenvalue weighted by molar-refractivity contribution is 0.0765. The van der Waals surface area contributed by atoms with Crippen molar-refractivity contribution in [1.29, 1.82) is 0 Å². The van der Waals surface area contributed by atoms with E-state index in [9.17, 15) is 18.3 Å². The number of nitrogens with zero attached hydrogens (tertiary/aromatic N) is 3. The first-order valence-corrected chi connectivity index (χ1v) is 13.0. The normalized spacial score (nSPS) is 16.3. The SMILES string of the molecule is Cc1ccc(S(=O)(=O)n2cc(-c3ccc(C(=O)N4CC[C@@H](O)C4)cc3)c3cc(Br)cnc32)cc1. The number of carbonyl (C=O) groups is 1. The van der Waals surface area contributed by atoms with Gasteiger partial charge in [0.15, 0.2) is 5.65 Å². The number of halogens is 1. The third kappa shape index (κ3) is 4.04. The van der Waals surface area contributed by atoms with Crippen LogP contribution in [0.25, 0.3) is 22.2 Å². The number of hydrogen-bond acceptors (Lipinski definition) is 5. The number of likely N-dealkylation sites (tertiary alicyclic amines) is 1. The molecule has 0 saturated carbocycles. The molecule has 7 nitrogen and oxygen atoms in total. The molecule has 2 aromatic heterocycles. The standard InChI is InChI=1S/C25H22BrN3O4S/c1-16-2-8-21(9-3-16)34(32,33)29-15-23(22-12-19(26)13-27-24(22)29)17-4-6-18(7-5-17)25(31)28-11-10-20(30)14-28/h2-9,12-13,15,20,30H,10-11,14H2,1H3/t20-/m1/s1. The van der Waals surface area contributed by atoms with Crippen molar-refractivity contribution in [2.45, 2.75) is 24.3 Å². The molecule has 5 rings (SSSR count). The van der Waals surface area contributed by atoms with E-state index in [4.69, 9.17) is 0 Å². The number of rotatable bonds is 4. The van der Waals surface area contributed by atoms with Crippen molar-refractivity contribution in [3.63, 3.8) is 0 Å². The van der Waals surface area contributed by atoms with E-state index in [2.05, 4.69) is 20.9 Å². The quantitative estimate of drug-likeness (QED) is 0.419. The monoisotopic (exact) mass is 539 g/mol. The largest absolute Gasteiger partial charge is 0.391 e. The Hall–Kier alpha value is -3.01. The molecule has 34 heavy (non-hydrogen) atoms. The molecule has 1 fully saturated rings. The van der Waals surface area contributed by atoms with E-state index >= 15 is 0 Å². The lowest BCUT2D eigenvalue weighted by Crippen LogP contribution is -2.29. The Bertz CT molecular complexity index is 1500. The number of amides is 1. The van der Waals surface area contributed by atoms with Gasteiger partial charge in [0.2, 0.25) is 0 Å². The van der Waals surface area contributed by atoms with E-state index < -0.39 is 16.1 Å². The molecule has 0 aliphatic carbocycles. The smallest absolute Gasteiger partial charge is 0.269 e. The molecule has 9 heteroatoms. The molecular formula is C25H22BrN3O4S. The minimum atomic E-state index is -3.87. The number of pyridine rings is 1. The number of carbonyl (C=O) groups excluding carboxylic acids is 1. The maximum atomic E-state index is 13.4. The molecule has 1 aliphatic heterocycles. The number of β-amino-alcohol motifs (C(OH)–C–C–N with tert-alkyl or cyclic N) is 1. The second kappa shape index (κ2) is 8.65. The van der Waals surface area contributed by atoms with Gasteiger partial charge in [-0.15, -0.1) is 0 Å². The average molecular weight is 540 g/mol. The fourth-order valence-electron chi connectivity index (χ4n) is 4.19. The third-order valence-electron chi connectivity index (χ3n) is 6.05. The van der Waals surface area contributed by atoms with Crippen LogP contribution < -0.4 is 0 Å². The Morgan fingerprint density at radius 1 is 1.12 bits per heavy atom. The minimum Gasteiger partial charge on any atom is -0.391 e. The first-order valence-electron chi connectivity index (χ1n) is 10.8. The fraction of sp³-hybridized carbons (Fsp3) is 0.200. The number of aryl methyl sites for hydroxylation is 1. The van der Waals surface area contributed by atoms with Crippen LogP contribution in [0.5, 0.6) is 0 Å². The van der Waals surface area contributed by atoms with Gasteiger partial charge in [-0.1, -0.05) is 29.8 Å². The van der Waals surface area contributed by atoms with Crippen LogP contribution in [-0.2, 0) is 10.0 Å². The van der Waals surface area contributed by atoms with Crippen LogP contribution in [0.3, 0.4) is 0 Å². The molecule has 2 aromatic carbocycles. The first kappa shape index (κ1) is 22.8. The van der Waals surface area contributed by atoms with Gasteiger partial charge in [0.1, 0.15) is 0 Å². The van der Waals surface area contributed by atoms with E-state index in [1.54, 1.807) is 65.8 Å². The summed E-state index contributed by atoms with van der Waals surface area (Å²) in [5.41, 5.74) is 3.27. The highest BCUT2D eigenvalue weighted by molar-refractivity contribution is 9.10. The van der Waals surface area contributed by atoms with Crippen molar-refractivity contribution >= 4 is 42.9 Å². The first-order chi connectivity index (χ1) is 16.2. The minimum absolute atomic E-state index is 0.128. The van der Waals surface area contributed by atoms with Crippen molar-refractivity contribution < 1.29 is 18.3 Å². The number of aromatic nitrogens is 2. The van der Waals surface area contributed by atoms with E-state index in [1.807, 2.05) is 13.0 Å². The van der Waals surface area contributed by atoms with Crippen LogP contribution in [0, 0.1) is 6.92 Å². The van der Waals surface area contributed by atoms with Crippen molar-refractivity contribution in [2.24, 2.45) is 0 Å². The molecule has 1 N–H and O–H groups in total. The van der Waals surface area contributed by atoms with Gasteiger partial charge in [0.25, 0.3) is 15.9 Å². The van der Waals surface area contributed by atoms with E-state index in [-0.39, 0.29) is 10.8 Å². The zero-order valence-electron chi connectivity index (χ0n) is 18.3. The van der Waals surface area contributed by atoms with Crippen LogP contribution >= 0.6 is 15.9 Å². The second-order valence-corrected chi connectivity index (χ2v) is 11.2. The Morgan fingerprint density at radius 2 is 1.82 bits per heavy atom. The lowest BCUT2D eigenvalue weighted by atomic mass is 10.0. The molecule has 1 saturated heterocycles. The fourth-order valence-corrected chi connectivity index (χ4v) is 5.85. The number of aliphatic hydroxyl groups excluding tert-OH is 1. The Kier molecular flexibility index (Phi) is 5.79. The maximum absolute atomic E-state index is 13.4. The molecule has 3 heterocycles. The van der Waals surface area contributed by atoms with Crippen LogP contribution in [0.1, 0.15) is 22.3 Å². The molecule has 0 radical (unpaired) electrons. The van der Waals surface area contributed by atoms with Crippen LogP contribution in [0.4, 0.5) is 0 Å². The van der Waals surface area contributed by atoms with Crippen molar-refractivity contribution in [3.8, 4) is 11.1 Å². The Morgan fingerprint density at radius 3 is 2.47 bits per heavy atom. The summed E-state index contributed by atoms with van der Waals surface area (Å²) < 4.78 is 28.8. The Labute approximate surface area is 205 Å². The summed E-state index contributed by atoms with van der Waals surface area (Å²) >= 11 is 3.43. The molecule has 1 atom stereocenters. The summed E-state index contributed by atoms with van der Waals surface area (Å²) in [6, 6.07) is 15.6. The molecule has 1 amide bonds. The van der Waals surface area contributed by atoms with E-state index in [0.717, 1.165) is 15.6 Å². The zero-order chi connectivity index (χ0) is 24.0. The highest BCUT2D eigenvalue weighted by Gasteiger charge is 2.26. The maximum Gasteiger partial charge on any atom is 0.269 e. The van der Waals surface area contributed by atoms with Crippen molar-refractivity contribution in [1.82, 2.24) is 13.9 Å². The van der Waals surface area contributed by atoms with Gasteiger partial charge in [-0.25, -0.2) is 17.4 Å². The van der Waals surface area contributed by atoms with Gasteiger partial charge in [-0.2, -0.15) is 0 Å². The average Bonchev–Trinajstić information content (AvgIpc) is 3.43. The zero-order valence-corrected chi connectivity index (χ0v) is 20.8. The molecule has 4 aromatic rings. The molecular weight excluding hydrogens is 518 g/mol. The lowest BCUT2D eigenvalue weighted by Gasteiger charge is -2.15. The predicted molar refractivity (Wildman–Crippen MR) is 133 cm³/mol. The van der Waals surface area contributed by atoms with Crippen LogP contribution in [0.2, 0.25) is 0 Å². The number of fused-ring (bicyclic) bond motifs is 1. The van der Waals surface area contributed by atoms with Crippen LogP contribution in [-0.4, -0.2) is 52.5 Å².